The van der Waals surface area contributed by atoms with Crippen LogP contribution in [0.1, 0.15) is 37.9 Å². The number of benzene rings is 1. The molecule has 4 heteroatoms. The van der Waals surface area contributed by atoms with Gasteiger partial charge >= 0.3 is 0 Å². The molecule has 0 spiro atoms. The first-order chi connectivity index (χ1) is 9.29. The molecule has 3 rings (SSSR count). The van der Waals surface area contributed by atoms with Crippen molar-refractivity contribution >= 4 is 11.0 Å². The molecule has 102 valence electrons. The summed E-state index contributed by atoms with van der Waals surface area (Å²) < 4.78 is 15.6. The Kier molecular flexibility index (Phi) is 3.51. The highest BCUT2D eigenvalue weighted by molar-refractivity contribution is 5.76. The van der Waals surface area contributed by atoms with E-state index in [2.05, 4.69) is 16.8 Å². The molecule has 2 aromatic rings. The minimum absolute atomic E-state index is 0.203. The van der Waals surface area contributed by atoms with Gasteiger partial charge in [0.1, 0.15) is 11.6 Å². The lowest BCUT2D eigenvalue weighted by molar-refractivity contribution is 0.431. The highest BCUT2D eigenvalue weighted by Crippen LogP contribution is 2.28. The van der Waals surface area contributed by atoms with E-state index in [0.29, 0.717) is 5.92 Å². The van der Waals surface area contributed by atoms with Gasteiger partial charge in [-0.15, -0.1) is 0 Å². The fourth-order valence-corrected chi connectivity index (χ4v) is 2.97. The maximum absolute atomic E-state index is 13.3. The van der Waals surface area contributed by atoms with Crippen LogP contribution in [0.25, 0.3) is 11.0 Å². The predicted octanol–water partition coefficient (Wildman–Crippen LogP) is 3.05. The number of nitrogens with one attached hydrogen (secondary N) is 1. The fraction of sp³-hybridized carbons (Fsp3) is 0.533. The zero-order valence-corrected chi connectivity index (χ0v) is 11.3. The summed E-state index contributed by atoms with van der Waals surface area (Å²) in [5, 5.41) is 3.38. The van der Waals surface area contributed by atoms with Gasteiger partial charge in [-0.05, 0) is 44.5 Å². The highest BCUT2D eigenvalue weighted by atomic mass is 19.1. The molecular weight excluding hydrogens is 241 g/mol. The molecule has 1 fully saturated rings. The van der Waals surface area contributed by atoms with Crippen molar-refractivity contribution < 1.29 is 4.39 Å². The van der Waals surface area contributed by atoms with Crippen LogP contribution in [0.2, 0.25) is 0 Å². The number of aryl methyl sites for hydroxylation is 1. The summed E-state index contributed by atoms with van der Waals surface area (Å²) in [7, 11) is 0. The molecule has 0 aliphatic carbocycles. The van der Waals surface area contributed by atoms with E-state index >= 15 is 0 Å². The number of rotatable bonds is 3. The van der Waals surface area contributed by atoms with Crippen LogP contribution in [-0.2, 0) is 6.54 Å². The number of halogens is 1. The van der Waals surface area contributed by atoms with Gasteiger partial charge in [0.05, 0.1) is 11.0 Å². The zero-order chi connectivity index (χ0) is 13.2. The monoisotopic (exact) mass is 261 g/mol. The van der Waals surface area contributed by atoms with Gasteiger partial charge in [0.2, 0.25) is 0 Å². The van der Waals surface area contributed by atoms with Crippen molar-refractivity contribution in [3.63, 3.8) is 0 Å². The summed E-state index contributed by atoms with van der Waals surface area (Å²) in [4.78, 5) is 4.71. The Labute approximate surface area is 112 Å². The summed E-state index contributed by atoms with van der Waals surface area (Å²) in [6.07, 6.45) is 3.31. The third-order valence-electron chi connectivity index (χ3n) is 3.89. The second-order valence-electron chi connectivity index (χ2n) is 5.28. The molecular formula is C15H20FN3. The average molecular weight is 261 g/mol. The Bertz CT molecular complexity index is 570. The summed E-state index contributed by atoms with van der Waals surface area (Å²) in [5.74, 6) is 1.44. The quantitative estimate of drug-likeness (QED) is 0.920. The van der Waals surface area contributed by atoms with Crippen LogP contribution in [0, 0.1) is 5.82 Å². The molecule has 1 aromatic heterocycles. The van der Waals surface area contributed by atoms with Gasteiger partial charge in [-0.3, -0.25) is 0 Å². The van der Waals surface area contributed by atoms with E-state index < -0.39 is 0 Å². The Morgan fingerprint density at radius 1 is 1.37 bits per heavy atom. The molecule has 1 aliphatic rings. The molecule has 1 saturated heterocycles. The minimum Gasteiger partial charge on any atom is -0.328 e. The van der Waals surface area contributed by atoms with Crippen molar-refractivity contribution in [2.75, 3.05) is 13.1 Å². The number of piperidine rings is 1. The predicted molar refractivity (Wildman–Crippen MR) is 74.8 cm³/mol. The first-order valence-electron chi connectivity index (χ1n) is 7.16. The van der Waals surface area contributed by atoms with E-state index in [0.717, 1.165) is 55.8 Å². The summed E-state index contributed by atoms with van der Waals surface area (Å²) in [6, 6.07) is 4.94. The standard InChI is InChI=1S/C15H20FN3/c1-2-9-19-14-4-3-12(16)10-13(14)18-15(19)11-5-7-17-8-6-11/h3-4,10-11,17H,2,5-9H2,1H3. The maximum Gasteiger partial charge on any atom is 0.125 e. The van der Waals surface area contributed by atoms with E-state index in [1.54, 1.807) is 6.07 Å². The van der Waals surface area contributed by atoms with Crippen LogP contribution < -0.4 is 5.32 Å². The van der Waals surface area contributed by atoms with Gasteiger partial charge in [0.25, 0.3) is 0 Å². The van der Waals surface area contributed by atoms with E-state index in [1.165, 1.54) is 6.07 Å². The molecule has 0 atom stereocenters. The molecule has 1 aliphatic heterocycles. The largest absolute Gasteiger partial charge is 0.328 e. The topological polar surface area (TPSA) is 29.9 Å². The first-order valence-corrected chi connectivity index (χ1v) is 7.16. The van der Waals surface area contributed by atoms with Crippen molar-refractivity contribution in [2.45, 2.75) is 38.6 Å². The number of nitrogens with zero attached hydrogens (tertiary/aromatic N) is 2. The third-order valence-corrected chi connectivity index (χ3v) is 3.89. The summed E-state index contributed by atoms with van der Waals surface area (Å²) >= 11 is 0. The van der Waals surface area contributed by atoms with Gasteiger partial charge in [-0.25, -0.2) is 9.37 Å². The Morgan fingerprint density at radius 3 is 2.89 bits per heavy atom. The molecule has 3 nitrogen and oxygen atoms in total. The third kappa shape index (κ3) is 2.37. The van der Waals surface area contributed by atoms with Crippen LogP contribution >= 0.6 is 0 Å². The molecule has 0 amide bonds. The van der Waals surface area contributed by atoms with E-state index in [4.69, 9.17) is 4.98 Å². The number of aromatic nitrogens is 2. The van der Waals surface area contributed by atoms with Gasteiger partial charge in [-0.2, -0.15) is 0 Å². The maximum atomic E-state index is 13.3. The number of hydrogen-bond acceptors (Lipinski definition) is 2. The minimum atomic E-state index is -0.203. The van der Waals surface area contributed by atoms with Crippen molar-refractivity contribution in [1.82, 2.24) is 14.9 Å². The Hall–Kier alpha value is -1.42. The molecule has 19 heavy (non-hydrogen) atoms. The zero-order valence-electron chi connectivity index (χ0n) is 11.3. The first kappa shape index (κ1) is 12.6. The smallest absolute Gasteiger partial charge is 0.125 e. The van der Waals surface area contributed by atoms with Gasteiger partial charge in [0.15, 0.2) is 0 Å². The number of fused-ring (bicyclic) bond motifs is 1. The Morgan fingerprint density at radius 2 is 2.16 bits per heavy atom. The molecule has 0 radical (unpaired) electrons. The molecule has 2 heterocycles. The Balaban J connectivity index is 2.08. The lowest BCUT2D eigenvalue weighted by Crippen LogP contribution is -2.28. The van der Waals surface area contributed by atoms with Crippen LogP contribution in [0.4, 0.5) is 4.39 Å². The number of imidazole rings is 1. The van der Waals surface area contributed by atoms with Crippen molar-refractivity contribution in [3.8, 4) is 0 Å². The second kappa shape index (κ2) is 5.29. The fourth-order valence-electron chi connectivity index (χ4n) is 2.97. The van der Waals surface area contributed by atoms with E-state index in [9.17, 15) is 4.39 Å². The van der Waals surface area contributed by atoms with Crippen LogP contribution in [-0.4, -0.2) is 22.6 Å². The normalized spacial score (nSPS) is 17.2. The van der Waals surface area contributed by atoms with Crippen LogP contribution in [0.5, 0.6) is 0 Å². The number of hydrogen-bond donors (Lipinski definition) is 1. The van der Waals surface area contributed by atoms with Crippen LogP contribution in [0.15, 0.2) is 18.2 Å². The van der Waals surface area contributed by atoms with E-state index in [-0.39, 0.29) is 5.82 Å². The van der Waals surface area contributed by atoms with Crippen molar-refractivity contribution in [3.05, 3.63) is 29.8 Å². The highest BCUT2D eigenvalue weighted by Gasteiger charge is 2.22. The molecule has 0 bridgehead atoms. The second-order valence-corrected chi connectivity index (χ2v) is 5.28. The van der Waals surface area contributed by atoms with Gasteiger partial charge < -0.3 is 9.88 Å². The SMILES string of the molecule is CCCn1c(C2CCNCC2)nc2cc(F)ccc21. The summed E-state index contributed by atoms with van der Waals surface area (Å²) in [6.45, 7) is 5.23. The molecule has 0 saturated carbocycles. The van der Waals surface area contributed by atoms with E-state index in [1.807, 2.05) is 6.07 Å². The lowest BCUT2D eigenvalue weighted by Gasteiger charge is -2.23. The van der Waals surface area contributed by atoms with Gasteiger partial charge in [0, 0.05) is 18.5 Å². The van der Waals surface area contributed by atoms with Crippen molar-refractivity contribution in [2.24, 2.45) is 0 Å². The molecule has 1 aromatic carbocycles. The molecule has 1 N–H and O–H groups in total. The summed E-state index contributed by atoms with van der Waals surface area (Å²) in [5.41, 5.74) is 1.86. The lowest BCUT2D eigenvalue weighted by atomic mass is 9.97. The van der Waals surface area contributed by atoms with Crippen molar-refractivity contribution in [1.29, 1.82) is 0 Å². The van der Waals surface area contributed by atoms with Crippen LogP contribution in [0.3, 0.4) is 0 Å². The molecule has 0 unspecified atom stereocenters. The average Bonchev–Trinajstić information content (AvgIpc) is 2.78. The van der Waals surface area contributed by atoms with Gasteiger partial charge in [-0.1, -0.05) is 6.92 Å².